The molecule has 1 aromatic heterocycles. The molecular formula is C21H23F2N3. The van der Waals surface area contributed by atoms with Crippen molar-refractivity contribution in [3.8, 4) is 0 Å². The second kappa shape index (κ2) is 6.39. The van der Waals surface area contributed by atoms with Crippen LogP contribution in [0, 0.1) is 17.6 Å². The van der Waals surface area contributed by atoms with Gasteiger partial charge in [0.25, 0.3) is 0 Å². The lowest BCUT2D eigenvalue weighted by atomic mass is 9.75. The van der Waals surface area contributed by atoms with Crippen LogP contribution in [-0.4, -0.2) is 46.5 Å². The molecule has 0 N–H and O–H groups in total. The van der Waals surface area contributed by atoms with Crippen LogP contribution in [0.1, 0.15) is 29.9 Å². The summed E-state index contributed by atoms with van der Waals surface area (Å²) >= 11 is 0. The van der Waals surface area contributed by atoms with E-state index in [1.807, 2.05) is 12.4 Å². The normalized spacial score (nSPS) is 33.4. The van der Waals surface area contributed by atoms with Crippen molar-refractivity contribution in [3.05, 3.63) is 65.5 Å². The van der Waals surface area contributed by atoms with Gasteiger partial charge in [-0.3, -0.25) is 14.8 Å². The number of nitrogens with zero attached hydrogens (tertiary/aromatic N) is 3. The van der Waals surface area contributed by atoms with E-state index < -0.39 is 11.6 Å². The number of piperidine rings is 3. The fourth-order valence-electron chi connectivity index (χ4n) is 5.53. The number of likely N-dealkylation sites (tertiary alicyclic amines) is 1. The van der Waals surface area contributed by atoms with Crippen LogP contribution in [0.3, 0.4) is 0 Å². The largest absolute Gasteiger partial charge is 0.298 e. The fourth-order valence-corrected chi connectivity index (χ4v) is 5.53. The minimum absolute atomic E-state index is 0.162. The van der Waals surface area contributed by atoms with E-state index in [9.17, 15) is 8.78 Å². The van der Waals surface area contributed by atoms with Gasteiger partial charge in [-0.2, -0.15) is 0 Å². The molecule has 0 amide bonds. The molecule has 5 heteroatoms. The highest BCUT2D eigenvalue weighted by Crippen LogP contribution is 2.47. The molecule has 136 valence electrons. The Bertz CT molecular complexity index is 769. The van der Waals surface area contributed by atoms with Crippen LogP contribution in [0.25, 0.3) is 0 Å². The minimum Gasteiger partial charge on any atom is -0.298 e. The summed E-state index contributed by atoms with van der Waals surface area (Å²) in [4.78, 5) is 9.22. The first-order chi connectivity index (χ1) is 12.7. The monoisotopic (exact) mass is 355 g/mol. The van der Waals surface area contributed by atoms with E-state index in [2.05, 4.69) is 26.9 Å². The zero-order chi connectivity index (χ0) is 17.7. The van der Waals surface area contributed by atoms with Crippen molar-refractivity contribution in [3.63, 3.8) is 0 Å². The third-order valence-corrected chi connectivity index (χ3v) is 6.54. The highest BCUT2D eigenvalue weighted by Gasteiger charge is 2.53. The topological polar surface area (TPSA) is 19.4 Å². The van der Waals surface area contributed by atoms with Crippen LogP contribution in [0.5, 0.6) is 0 Å². The molecule has 5 heterocycles. The van der Waals surface area contributed by atoms with Crippen LogP contribution in [0.2, 0.25) is 0 Å². The molecule has 0 unspecified atom stereocenters. The maximum Gasteiger partial charge on any atom is 0.126 e. The molecule has 4 fully saturated rings. The number of hydrogen-bond donors (Lipinski definition) is 0. The molecule has 1 aromatic carbocycles. The number of rotatable bonds is 3. The highest BCUT2D eigenvalue weighted by molar-refractivity contribution is 5.29. The van der Waals surface area contributed by atoms with Gasteiger partial charge in [0, 0.05) is 49.6 Å². The van der Waals surface area contributed by atoms with E-state index in [1.54, 1.807) is 0 Å². The molecule has 3 nitrogen and oxygen atoms in total. The first-order valence-electron chi connectivity index (χ1n) is 9.52. The second-order valence-electron chi connectivity index (χ2n) is 7.95. The predicted octanol–water partition coefficient (Wildman–Crippen LogP) is 3.42. The average Bonchev–Trinajstić information content (AvgIpc) is 3.04. The molecule has 2 aromatic rings. The van der Waals surface area contributed by atoms with Crippen LogP contribution in [0.15, 0.2) is 42.7 Å². The maximum atomic E-state index is 13.9. The Hall–Kier alpha value is -1.85. The summed E-state index contributed by atoms with van der Waals surface area (Å²) in [6.45, 7) is 3.96. The van der Waals surface area contributed by atoms with Gasteiger partial charge in [0.05, 0.1) is 0 Å². The van der Waals surface area contributed by atoms with Gasteiger partial charge in [0.2, 0.25) is 0 Å². The summed E-state index contributed by atoms with van der Waals surface area (Å²) in [5, 5.41) is 0. The van der Waals surface area contributed by atoms with Crippen molar-refractivity contribution in [1.29, 1.82) is 0 Å². The summed E-state index contributed by atoms with van der Waals surface area (Å²) in [5.41, 5.74) is 2.06. The minimum atomic E-state index is -0.472. The predicted molar refractivity (Wildman–Crippen MR) is 95.6 cm³/mol. The average molecular weight is 355 g/mol. The molecule has 0 aliphatic carbocycles. The first kappa shape index (κ1) is 16.3. The van der Waals surface area contributed by atoms with Gasteiger partial charge in [-0.1, -0.05) is 0 Å². The van der Waals surface area contributed by atoms with E-state index >= 15 is 0 Å². The van der Waals surface area contributed by atoms with Crippen LogP contribution >= 0.6 is 0 Å². The van der Waals surface area contributed by atoms with Gasteiger partial charge in [-0.25, -0.2) is 8.78 Å². The first-order valence-corrected chi connectivity index (χ1v) is 9.52. The molecule has 0 radical (unpaired) electrons. The Morgan fingerprint density at radius 2 is 1.65 bits per heavy atom. The van der Waals surface area contributed by atoms with Gasteiger partial charge in [0.15, 0.2) is 0 Å². The molecule has 2 bridgehead atoms. The molecule has 3 atom stereocenters. The molecule has 6 rings (SSSR count). The van der Waals surface area contributed by atoms with Crippen LogP contribution in [0.4, 0.5) is 8.78 Å². The summed E-state index contributed by atoms with van der Waals surface area (Å²) in [7, 11) is 0. The Kier molecular flexibility index (Phi) is 4.02. The van der Waals surface area contributed by atoms with E-state index in [0.717, 1.165) is 37.8 Å². The number of pyridine rings is 1. The summed E-state index contributed by atoms with van der Waals surface area (Å²) in [6.07, 6.45) is 6.13. The molecule has 4 aliphatic heterocycles. The number of halogens is 2. The smallest absolute Gasteiger partial charge is 0.126 e. The summed E-state index contributed by atoms with van der Waals surface area (Å²) in [6, 6.07) is 9.00. The Morgan fingerprint density at radius 1 is 0.962 bits per heavy atom. The van der Waals surface area contributed by atoms with Crippen molar-refractivity contribution >= 4 is 0 Å². The zero-order valence-electron chi connectivity index (χ0n) is 14.7. The third-order valence-electron chi connectivity index (χ3n) is 6.54. The third kappa shape index (κ3) is 2.74. The summed E-state index contributed by atoms with van der Waals surface area (Å²) < 4.78 is 27.7. The molecule has 0 saturated carbocycles. The van der Waals surface area contributed by atoms with E-state index in [1.165, 1.54) is 30.5 Å². The second-order valence-corrected chi connectivity index (χ2v) is 7.95. The van der Waals surface area contributed by atoms with Crippen LogP contribution < -0.4 is 0 Å². The van der Waals surface area contributed by atoms with E-state index in [-0.39, 0.29) is 5.92 Å². The lowest BCUT2D eigenvalue weighted by Gasteiger charge is -2.51. The van der Waals surface area contributed by atoms with Gasteiger partial charge in [0.1, 0.15) is 11.6 Å². The number of benzene rings is 1. The lowest BCUT2D eigenvalue weighted by Crippen LogP contribution is -2.59. The summed E-state index contributed by atoms with van der Waals surface area (Å²) in [5.74, 6) is -0.0921. The molecule has 26 heavy (non-hydrogen) atoms. The fraction of sp³-hybridized carbons (Fsp3) is 0.476. The Morgan fingerprint density at radius 3 is 2.35 bits per heavy atom. The molecule has 0 spiro atoms. The number of fused-ring (bicyclic) bond motifs is 2. The van der Waals surface area contributed by atoms with E-state index in [0.29, 0.717) is 18.0 Å². The van der Waals surface area contributed by atoms with Gasteiger partial charge < -0.3 is 0 Å². The molecule has 4 aliphatic rings. The SMILES string of the molecule is Fc1cc(F)cc([C@@H]2CN(Cc3ccncc3)[C@@H]3C4CCN(CC4)[C@@H]32)c1. The maximum absolute atomic E-state index is 13.9. The van der Waals surface area contributed by atoms with Crippen molar-refractivity contribution in [2.45, 2.75) is 37.4 Å². The lowest BCUT2D eigenvalue weighted by molar-refractivity contribution is -0.00872. The van der Waals surface area contributed by atoms with E-state index in [4.69, 9.17) is 0 Å². The number of aromatic nitrogens is 1. The Balaban J connectivity index is 1.50. The van der Waals surface area contributed by atoms with Gasteiger partial charge in [-0.05, 0) is 67.2 Å². The van der Waals surface area contributed by atoms with Gasteiger partial charge >= 0.3 is 0 Å². The van der Waals surface area contributed by atoms with Crippen molar-refractivity contribution in [1.82, 2.24) is 14.8 Å². The molecule has 4 saturated heterocycles. The standard InChI is InChI=1S/C21H23F2N3/c22-17-9-16(10-18(23)11-17)19-13-26(12-14-1-5-24-6-2-14)20-15-3-7-25(8-4-15)21(19)20/h1-2,5-6,9-11,15,19-21H,3-4,7-8,12-13H2/t19-,20+,21+/m0/s1. The highest BCUT2D eigenvalue weighted by atomic mass is 19.1. The van der Waals surface area contributed by atoms with Crippen LogP contribution in [-0.2, 0) is 6.54 Å². The number of hydrogen-bond acceptors (Lipinski definition) is 3. The van der Waals surface area contributed by atoms with Crippen molar-refractivity contribution in [2.24, 2.45) is 5.92 Å². The quantitative estimate of drug-likeness (QED) is 0.841. The molecular weight excluding hydrogens is 332 g/mol. The van der Waals surface area contributed by atoms with Gasteiger partial charge in [-0.15, -0.1) is 0 Å². The van der Waals surface area contributed by atoms with Crippen molar-refractivity contribution in [2.75, 3.05) is 19.6 Å². The van der Waals surface area contributed by atoms with Crippen molar-refractivity contribution < 1.29 is 8.78 Å². The Labute approximate surface area is 152 Å². The zero-order valence-corrected chi connectivity index (χ0v) is 14.7.